The minimum Gasteiger partial charge on any atom is -0.378 e. The number of benzene rings is 2. The van der Waals surface area contributed by atoms with Crippen LogP contribution in [0.1, 0.15) is 17.5 Å². The van der Waals surface area contributed by atoms with E-state index in [0.717, 1.165) is 41.8 Å². The van der Waals surface area contributed by atoms with Crippen molar-refractivity contribution in [2.45, 2.75) is 25.0 Å². The largest absolute Gasteiger partial charge is 0.378 e. The average Bonchev–Trinajstić information content (AvgIpc) is 2.56. The van der Waals surface area contributed by atoms with Crippen molar-refractivity contribution in [3.8, 4) is 0 Å². The molecular formula is C20H19Cl2NO. The molecule has 2 aliphatic rings. The summed E-state index contributed by atoms with van der Waals surface area (Å²) in [6, 6.07) is 16.9. The number of hydrogen-bond donors (Lipinski definition) is 0. The van der Waals surface area contributed by atoms with Gasteiger partial charge in [-0.2, -0.15) is 0 Å². The number of ether oxygens (including phenoxy) is 1. The van der Waals surface area contributed by atoms with Crippen molar-refractivity contribution in [1.82, 2.24) is 4.90 Å². The van der Waals surface area contributed by atoms with E-state index in [1.165, 1.54) is 11.1 Å². The Labute approximate surface area is 152 Å². The zero-order chi connectivity index (χ0) is 16.5. The van der Waals surface area contributed by atoms with Gasteiger partial charge in [0, 0.05) is 28.2 Å². The predicted molar refractivity (Wildman–Crippen MR) is 99.4 cm³/mol. The number of nitrogens with zero attached hydrogens (tertiary/aromatic N) is 1. The van der Waals surface area contributed by atoms with Gasteiger partial charge >= 0.3 is 0 Å². The summed E-state index contributed by atoms with van der Waals surface area (Å²) in [5.74, 6) is 0. The zero-order valence-electron chi connectivity index (χ0n) is 13.3. The van der Waals surface area contributed by atoms with Crippen LogP contribution in [0.25, 0.3) is 5.57 Å². The molecule has 2 aromatic rings. The van der Waals surface area contributed by atoms with Gasteiger partial charge in [-0.3, -0.25) is 4.90 Å². The SMILES string of the molecule is Clc1cccc(Cl)c1C1=CC2COCC(C1)N2Cc1ccccc1. The Balaban J connectivity index is 1.65. The van der Waals surface area contributed by atoms with E-state index in [9.17, 15) is 0 Å². The van der Waals surface area contributed by atoms with Crippen molar-refractivity contribution in [2.75, 3.05) is 13.2 Å². The molecule has 4 heteroatoms. The molecule has 0 aromatic heterocycles. The van der Waals surface area contributed by atoms with Gasteiger partial charge in [0.1, 0.15) is 0 Å². The summed E-state index contributed by atoms with van der Waals surface area (Å²) >= 11 is 12.8. The summed E-state index contributed by atoms with van der Waals surface area (Å²) in [5.41, 5.74) is 3.56. The van der Waals surface area contributed by atoms with Crippen LogP contribution < -0.4 is 0 Å². The Bertz CT molecular complexity index is 739. The maximum Gasteiger partial charge on any atom is 0.0658 e. The van der Waals surface area contributed by atoms with Crippen LogP contribution in [0.3, 0.4) is 0 Å². The lowest BCUT2D eigenvalue weighted by Crippen LogP contribution is -2.53. The molecule has 2 atom stereocenters. The minimum absolute atomic E-state index is 0.264. The second-order valence-electron chi connectivity index (χ2n) is 6.41. The summed E-state index contributed by atoms with van der Waals surface area (Å²) in [6.07, 6.45) is 3.19. The van der Waals surface area contributed by atoms with E-state index in [2.05, 4.69) is 41.3 Å². The fourth-order valence-electron chi connectivity index (χ4n) is 3.69. The smallest absolute Gasteiger partial charge is 0.0658 e. The Morgan fingerprint density at radius 2 is 1.71 bits per heavy atom. The van der Waals surface area contributed by atoms with E-state index in [4.69, 9.17) is 27.9 Å². The van der Waals surface area contributed by atoms with Gasteiger partial charge in [0.15, 0.2) is 0 Å². The number of fused-ring (bicyclic) bond motifs is 2. The monoisotopic (exact) mass is 359 g/mol. The molecule has 2 aromatic carbocycles. The lowest BCUT2D eigenvalue weighted by atomic mass is 9.89. The third kappa shape index (κ3) is 3.12. The molecule has 124 valence electrons. The van der Waals surface area contributed by atoms with Crippen LogP contribution in [0.15, 0.2) is 54.6 Å². The fraction of sp³-hybridized carbons (Fsp3) is 0.300. The number of hydrogen-bond acceptors (Lipinski definition) is 2. The summed E-state index contributed by atoms with van der Waals surface area (Å²) in [6.45, 7) is 2.41. The molecule has 24 heavy (non-hydrogen) atoms. The highest BCUT2D eigenvalue weighted by molar-refractivity contribution is 6.37. The molecule has 2 bridgehead atoms. The van der Waals surface area contributed by atoms with Gasteiger partial charge in [-0.05, 0) is 29.7 Å². The van der Waals surface area contributed by atoms with E-state index in [0.29, 0.717) is 6.04 Å². The molecule has 0 amide bonds. The van der Waals surface area contributed by atoms with Gasteiger partial charge < -0.3 is 4.74 Å². The molecule has 2 nitrogen and oxygen atoms in total. The second kappa shape index (κ2) is 6.89. The van der Waals surface area contributed by atoms with Crippen molar-refractivity contribution in [2.24, 2.45) is 0 Å². The summed E-state index contributed by atoms with van der Waals surface area (Å²) in [5, 5.41) is 1.45. The van der Waals surface area contributed by atoms with Crippen molar-refractivity contribution < 1.29 is 4.74 Å². The lowest BCUT2D eigenvalue weighted by molar-refractivity contribution is -0.0402. The first-order valence-corrected chi connectivity index (χ1v) is 9.00. The highest BCUT2D eigenvalue weighted by Crippen LogP contribution is 2.39. The van der Waals surface area contributed by atoms with Crippen LogP contribution in [-0.2, 0) is 11.3 Å². The van der Waals surface area contributed by atoms with Gasteiger partial charge in [0.25, 0.3) is 0 Å². The van der Waals surface area contributed by atoms with Crippen LogP contribution >= 0.6 is 23.2 Å². The van der Waals surface area contributed by atoms with Crippen LogP contribution in [0.4, 0.5) is 0 Å². The van der Waals surface area contributed by atoms with E-state index in [1.54, 1.807) is 0 Å². The minimum atomic E-state index is 0.264. The van der Waals surface area contributed by atoms with Crippen LogP contribution in [0.2, 0.25) is 10.0 Å². The Kier molecular flexibility index (Phi) is 4.64. The van der Waals surface area contributed by atoms with E-state index >= 15 is 0 Å². The van der Waals surface area contributed by atoms with Crippen LogP contribution in [0.5, 0.6) is 0 Å². The molecule has 4 rings (SSSR count). The molecular weight excluding hydrogens is 341 g/mol. The molecule has 1 fully saturated rings. The predicted octanol–water partition coefficient (Wildman–Crippen LogP) is 5.05. The van der Waals surface area contributed by atoms with Crippen molar-refractivity contribution in [1.29, 1.82) is 0 Å². The van der Waals surface area contributed by atoms with Gasteiger partial charge in [-0.25, -0.2) is 0 Å². The molecule has 1 saturated heterocycles. The third-order valence-corrected chi connectivity index (χ3v) is 5.46. The summed E-state index contributed by atoms with van der Waals surface area (Å²) in [7, 11) is 0. The van der Waals surface area contributed by atoms with Crippen LogP contribution in [-0.4, -0.2) is 30.2 Å². The first kappa shape index (κ1) is 16.2. The van der Waals surface area contributed by atoms with Gasteiger partial charge in [0.05, 0.1) is 19.3 Å². The lowest BCUT2D eigenvalue weighted by Gasteiger charge is -2.45. The fourth-order valence-corrected chi connectivity index (χ4v) is 4.33. The van der Waals surface area contributed by atoms with E-state index in [1.807, 2.05) is 18.2 Å². The number of rotatable bonds is 3. The highest BCUT2D eigenvalue weighted by Gasteiger charge is 2.35. The first-order chi connectivity index (χ1) is 11.7. The normalized spacial score (nSPS) is 23.8. The van der Waals surface area contributed by atoms with Gasteiger partial charge in [0.2, 0.25) is 0 Å². The Morgan fingerprint density at radius 1 is 0.958 bits per heavy atom. The van der Waals surface area contributed by atoms with Crippen molar-refractivity contribution in [3.05, 3.63) is 75.8 Å². The molecule has 2 aliphatic heterocycles. The maximum atomic E-state index is 6.42. The van der Waals surface area contributed by atoms with Crippen LogP contribution in [0, 0.1) is 0 Å². The summed E-state index contributed by atoms with van der Waals surface area (Å²) in [4.78, 5) is 2.53. The second-order valence-corrected chi connectivity index (χ2v) is 7.22. The molecule has 0 saturated carbocycles. The van der Waals surface area contributed by atoms with Gasteiger partial charge in [-0.15, -0.1) is 0 Å². The molecule has 0 aliphatic carbocycles. The first-order valence-electron chi connectivity index (χ1n) is 8.25. The molecule has 2 heterocycles. The van der Waals surface area contributed by atoms with E-state index < -0.39 is 0 Å². The standard InChI is InChI=1S/C20H19Cl2NO/c21-18-7-4-8-19(22)20(18)15-9-16-12-24-13-17(10-15)23(16)11-14-5-2-1-3-6-14/h1-9,16-17H,10-13H2. The Hall–Kier alpha value is -1.32. The highest BCUT2D eigenvalue weighted by atomic mass is 35.5. The third-order valence-electron chi connectivity index (χ3n) is 4.83. The molecule has 2 unspecified atom stereocenters. The average molecular weight is 360 g/mol. The molecule has 0 spiro atoms. The number of halogens is 2. The maximum absolute atomic E-state index is 6.42. The van der Waals surface area contributed by atoms with Gasteiger partial charge in [-0.1, -0.05) is 65.7 Å². The Morgan fingerprint density at radius 3 is 2.42 bits per heavy atom. The summed E-state index contributed by atoms with van der Waals surface area (Å²) < 4.78 is 5.80. The molecule has 0 N–H and O–H groups in total. The molecule has 0 radical (unpaired) electrons. The quantitative estimate of drug-likeness (QED) is 0.760. The zero-order valence-corrected chi connectivity index (χ0v) is 14.8. The number of morpholine rings is 1. The van der Waals surface area contributed by atoms with Crippen molar-refractivity contribution in [3.63, 3.8) is 0 Å². The van der Waals surface area contributed by atoms with E-state index in [-0.39, 0.29) is 6.04 Å². The van der Waals surface area contributed by atoms with Crippen molar-refractivity contribution >= 4 is 28.8 Å². The topological polar surface area (TPSA) is 12.5 Å².